The van der Waals surface area contributed by atoms with Crippen LogP contribution in [0, 0.1) is 39.0 Å². The Morgan fingerprint density at radius 3 is 2.33 bits per heavy atom. The van der Waals surface area contributed by atoms with Gasteiger partial charge in [-0.3, -0.25) is 4.79 Å². The van der Waals surface area contributed by atoms with E-state index < -0.39 is 0 Å². The quantitative estimate of drug-likeness (QED) is 0.635. The fraction of sp³-hybridized carbons (Fsp3) is 0.391. The molecule has 2 aromatic rings. The molecule has 3 rings (SSSR count). The summed E-state index contributed by atoms with van der Waals surface area (Å²) >= 11 is 0. The largest absolute Gasteiger partial charge is 0.349 e. The highest BCUT2D eigenvalue weighted by Gasteiger charge is 2.20. The lowest BCUT2D eigenvalue weighted by Gasteiger charge is -2.12. The second-order valence-electron chi connectivity index (χ2n) is 7.63. The monoisotopic (exact) mass is 361 g/mol. The van der Waals surface area contributed by atoms with Crippen LogP contribution in [-0.4, -0.2) is 16.5 Å². The van der Waals surface area contributed by atoms with E-state index in [0.29, 0.717) is 0 Å². The van der Waals surface area contributed by atoms with Gasteiger partial charge < -0.3 is 9.88 Å². The molecule has 0 radical (unpaired) electrons. The molecule has 4 heteroatoms. The molecule has 1 aromatic carbocycles. The number of nitrogens with one attached hydrogen (secondary N) is 1. The number of hydrogen-bond donors (Lipinski definition) is 1. The molecular weight excluding hydrogens is 334 g/mol. The van der Waals surface area contributed by atoms with Crippen molar-refractivity contribution < 1.29 is 4.79 Å². The van der Waals surface area contributed by atoms with Crippen molar-refractivity contribution in [1.29, 1.82) is 5.26 Å². The van der Waals surface area contributed by atoms with E-state index in [-0.39, 0.29) is 17.5 Å². The minimum atomic E-state index is -0.263. The molecule has 0 saturated heterocycles. The standard InChI is InChI=1S/C23H27N3O/c1-15-9-16(2)11-22(10-15)26-17(3)12-19(18(26)4)13-20(14-24)23(27)25-21-7-5-6-8-21/h9-13,21H,5-8H2,1-4H3,(H,25,27)/b20-13-. The van der Waals surface area contributed by atoms with Gasteiger partial charge in [-0.1, -0.05) is 18.9 Å². The molecule has 4 nitrogen and oxygen atoms in total. The van der Waals surface area contributed by atoms with Crippen LogP contribution in [0.1, 0.15) is 53.8 Å². The van der Waals surface area contributed by atoms with Crippen molar-refractivity contribution >= 4 is 12.0 Å². The maximum atomic E-state index is 12.5. The molecule has 1 fully saturated rings. The Hall–Kier alpha value is -2.80. The van der Waals surface area contributed by atoms with Gasteiger partial charge in [0.2, 0.25) is 0 Å². The number of carbonyl (C=O) groups is 1. The van der Waals surface area contributed by atoms with Gasteiger partial charge >= 0.3 is 0 Å². The van der Waals surface area contributed by atoms with Crippen molar-refractivity contribution in [2.45, 2.75) is 59.4 Å². The van der Waals surface area contributed by atoms with E-state index in [4.69, 9.17) is 0 Å². The highest BCUT2D eigenvalue weighted by atomic mass is 16.1. The van der Waals surface area contributed by atoms with E-state index >= 15 is 0 Å². The first-order valence-corrected chi connectivity index (χ1v) is 9.59. The average Bonchev–Trinajstić information content (AvgIpc) is 3.19. The number of nitriles is 1. The molecule has 1 aromatic heterocycles. The van der Waals surface area contributed by atoms with Crippen molar-refractivity contribution in [3.05, 3.63) is 57.9 Å². The van der Waals surface area contributed by atoms with Gasteiger partial charge in [-0.05, 0) is 81.5 Å². The summed E-state index contributed by atoms with van der Waals surface area (Å²) in [5.41, 5.74) is 6.71. The maximum Gasteiger partial charge on any atom is 0.262 e. The molecule has 1 aliphatic rings. The number of nitrogens with zero attached hydrogens (tertiary/aromatic N) is 2. The maximum absolute atomic E-state index is 12.5. The van der Waals surface area contributed by atoms with E-state index in [0.717, 1.165) is 48.3 Å². The predicted octanol–water partition coefficient (Wildman–Crippen LogP) is 4.68. The Labute approximate surface area is 161 Å². The van der Waals surface area contributed by atoms with Crippen LogP contribution in [0.25, 0.3) is 11.8 Å². The third kappa shape index (κ3) is 4.14. The molecule has 1 aliphatic carbocycles. The minimum absolute atomic E-state index is 0.169. The first-order valence-electron chi connectivity index (χ1n) is 9.59. The number of aryl methyl sites for hydroxylation is 3. The van der Waals surface area contributed by atoms with Crippen molar-refractivity contribution in [3.63, 3.8) is 0 Å². The van der Waals surface area contributed by atoms with Gasteiger partial charge in [0.15, 0.2) is 0 Å². The lowest BCUT2D eigenvalue weighted by molar-refractivity contribution is -0.117. The second kappa shape index (κ2) is 7.84. The zero-order chi connectivity index (χ0) is 19.6. The van der Waals surface area contributed by atoms with Crippen molar-refractivity contribution in [2.24, 2.45) is 0 Å². The van der Waals surface area contributed by atoms with E-state index in [2.05, 4.69) is 48.0 Å². The highest BCUT2D eigenvalue weighted by Crippen LogP contribution is 2.25. The van der Waals surface area contributed by atoms with Crippen LogP contribution in [0.15, 0.2) is 29.8 Å². The molecular formula is C23H27N3O. The lowest BCUT2D eigenvalue weighted by Crippen LogP contribution is -2.33. The summed E-state index contributed by atoms with van der Waals surface area (Å²) in [6, 6.07) is 10.8. The van der Waals surface area contributed by atoms with E-state index in [1.807, 2.05) is 19.9 Å². The van der Waals surface area contributed by atoms with Gasteiger partial charge in [-0.15, -0.1) is 0 Å². The molecule has 0 unspecified atom stereocenters. The van der Waals surface area contributed by atoms with E-state index in [1.54, 1.807) is 6.08 Å². The number of carbonyl (C=O) groups excluding carboxylic acids is 1. The third-order valence-electron chi connectivity index (χ3n) is 5.29. The van der Waals surface area contributed by atoms with Crippen LogP contribution in [-0.2, 0) is 4.79 Å². The van der Waals surface area contributed by atoms with Gasteiger partial charge in [0.1, 0.15) is 11.6 Å². The summed E-state index contributed by atoms with van der Waals surface area (Å²) in [6.45, 7) is 8.26. The Morgan fingerprint density at radius 1 is 1.11 bits per heavy atom. The summed E-state index contributed by atoms with van der Waals surface area (Å²) in [7, 11) is 0. The molecule has 0 bridgehead atoms. The summed E-state index contributed by atoms with van der Waals surface area (Å²) in [4.78, 5) is 12.5. The van der Waals surface area contributed by atoms with Gasteiger partial charge in [0, 0.05) is 23.1 Å². The Kier molecular flexibility index (Phi) is 5.51. The zero-order valence-corrected chi connectivity index (χ0v) is 16.6. The topological polar surface area (TPSA) is 57.8 Å². The second-order valence-corrected chi connectivity index (χ2v) is 7.63. The molecule has 0 aliphatic heterocycles. The summed E-state index contributed by atoms with van der Waals surface area (Å²) in [5.74, 6) is -0.263. The van der Waals surface area contributed by atoms with Gasteiger partial charge in [0.05, 0.1) is 0 Å². The van der Waals surface area contributed by atoms with Crippen LogP contribution < -0.4 is 5.32 Å². The molecule has 1 heterocycles. The van der Waals surface area contributed by atoms with Crippen molar-refractivity contribution in [1.82, 2.24) is 9.88 Å². The van der Waals surface area contributed by atoms with Crippen LogP contribution in [0.3, 0.4) is 0 Å². The first kappa shape index (κ1) is 19.0. The number of hydrogen-bond acceptors (Lipinski definition) is 2. The Bertz CT molecular complexity index is 917. The summed E-state index contributed by atoms with van der Waals surface area (Å²) < 4.78 is 2.18. The fourth-order valence-electron chi connectivity index (χ4n) is 4.05. The van der Waals surface area contributed by atoms with Gasteiger partial charge in [0.25, 0.3) is 5.91 Å². The third-order valence-corrected chi connectivity index (χ3v) is 5.29. The molecule has 1 amide bonds. The molecule has 1 N–H and O–H groups in total. The minimum Gasteiger partial charge on any atom is -0.349 e. The van der Waals surface area contributed by atoms with Crippen LogP contribution >= 0.6 is 0 Å². The Balaban J connectivity index is 1.93. The molecule has 1 saturated carbocycles. The normalized spacial score (nSPS) is 15.0. The SMILES string of the molecule is Cc1cc(C)cc(-n2c(C)cc(/C=C(/C#N)C(=O)NC3CCCC3)c2C)c1. The van der Waals surface area contributed by atoms with Gasteiger partial charge in [-0.2, -0.15) is 5.26 Å². The summed E-state index contributed by atoms with van der Waals surface area (Å²) in [5, 5.41) is 12.5. The average molecular weight is 361 g/mol. The van der Waals surface area contributed by atoms with Crippen molar-refractivity contribution in [2.75, 3.05) is 0 Å². The van der Waals surface area contributed by atoms with E-state index in [1.165, 1.54) is 11.1 Å². The van der Waals surface area contributed by atoms with Crippen molar-refractivity contribution in [3.8, 4) is 11.8 Å². The molecule has 0 spiro atoms. The van der Waals surface area contributed by atoms with E-state index in [9.17, 15) is 10.1 Å². The van der Waals surface area contributed by atoms with Crippen LogP contribution in [0.4, 0.5) is 0 Å². The molecule has 140 valence electrons. The number of benzene rings is 1. The highest BCUT2D eigenvalue weighted by molar-refractivity contribution is 6.02. The molecule has 0 atom stereocenters. The van der Waals surface area contributed by atoms with Crippen LogP contribution in [0.5, 0.6) is 0 Å². The zero-order valence-electron chi connectivity index (χ0n) is 16.6. The molecule has 27 heavy (non-hydrogen) atoms. The first-order chi connectivity index (χ1) is 12.9. The fourth-order valence-corrected chi connectivity index (χ4v) is 4.05. The number of amides is 1. The summed E-state index contributed by atoms with van der Waals surface area (Å²) in [6.07, 6.45) is 6.02. The van der Waals surface area contributed by atoms with Gasteiger partial charge in [-0.25, -0.2) is 0 Å². The number of aromatic nitrogens is 1. The smallest absolute Gasteiger partial charge is 0.262 e. The Morgan fingerprint density at radius 2 is 1.74 bits per heavy atom. The lowest BCUT2D eigenvalue weighted by atomic mass is 10.1. The number of rotatable bonds is 4. The van der Waals surface area contributed by atoms with Crippen LogP contribution in [0.2, 0.25) is 0 Å². The predicted molar refractivity (Wildman–Crippen MR) is 109 cm³/mol.